The van der Waals surface area contributed by atoms with E-state index in [4.69, 9.17) is 5.73 Å². The fourth-order valence-electron chi connectivity index (χ4n) is 2.01. The molecule has 1 amide bonds. The average molecular weight is 315 g/mol. The number of halogens is 2. The van der Waals surface area contributed by atoms with E-state index in [1.807, 2.05) is 0 Å². The van der Waals surface area contributed by atoms with Crippen LogP contribution in [-0.2, 0) is 0 Å². The molecule has 1 aliphatic rings. The molecule has 5 heteroatoms. The van der Waals surface area contributed by atoms with E-state index < -0.39 is 5.82 Å². The third kappa shape index (κ3) is 3.02. The highest BCUT2D eigenvalue weighted by Crippen LogP contribution is 2.29. The molecule has 0 atom stereocenters. The maximum atomic E-state index is 13.1. The molecule has 1 aromatic rings. The molecular formula is C13H16BrFN2O. The summed E-state index contributed by atoms with van der Waals surface area (Å²) in [5.74, 6) is 0.0211. The number of amides is 1. The summed E-state index contributed by atoms with van der Waals surface area (Å²) in [7, 11) is 0. The van der Waals surface area contributed by atoms with Crippen molar-refractivity contribution in [3.05, 3.63) is 28.0 Å². The van der Waals surface area contributed by atoms with Crippen molar-refractivity contribution in [2.24, 2.45) is 5.92 Å². The second-order valence-electron chi connectivity index (χ2n) is 4.70. The first kappa shape index (κ1) is 13.3. The normalized spacial score (nSPS) is 15.2. The fraction of sp³-hybridized carbons (Fsp3) is 0.462. The van der Waals surface area contributed by atoms with Gasteiger partial charge in [0, 0.05) is 11.0 Å². The minimum atomic E-state index is -0.520. The van der Waals surface area contributed by atoms with Crippen LogP contribution in [0.2, 0.25) is 0 Å². The van der Waals surface area contributed by atoms with Gasteiger partial charge in [-0.3, -0.25) is 4.79 Å². The Hall–Kier alpha value is -1.10. The molecule has 0 unspecified atom stereocenters. The summed E-state index contributed by atoms with van der Waals surface area (Å²) in [4.78, 5) is 11.9. The quantitative estimate of drug-likeness (QED) is 0.839. The highest BCUT2D eigenvalue weighted by Gasteiger charge is 2.18. The van der Waals surface area contributed by atoms with Crippen LogP contribution < -0.4 is 11.1 Å². The van der Waals surface area contributed by atoms with Gasteiger partial charge in [-0.05, 0) is 40.4 Å². The van der Waals surface area contributed by atoms with E-state index in [2.05, 4.69) is 21.2 Å². The molecule has 2 rings (SSSR count). The lowest BCUT2D eigenvalue weighted by Crippen LogP contribution is -2.27. The zero-order chi connectivity index (χ0) is 13.1. The molecule has 3 nitrogen and oxygen atoms in total. The highest BCUT2D eigenvalue weighted by molar-refractivity contribution is 9.10. The number of benzene rings is 1. The number of rotatable bonds is 4. The van der Waals surface area contributed by atoms with Gasteiger partial charge in [-0.1, -0.05) is 19.3 Å². The summed E-state index contributed by atoms with van der Waals surface area (Å²) in [5.41, 5.74) is 5.82. The predicted octanol–water partition coefficient (Wildman–Crippen LogP) is 3.09. The maximum absolute atomic E-state index is 13.1. The average Bonchev–Trinajstić information content (AvgIpc) is 2.26. The molecule has 0 aliphatic heterocycles. The lowest BCUT2D eigenvalue weighted by Gasteiger charge is -2.25. The van der Waals surface area contributed by atoms with E-state index in [0.717, 1.165) is 12.3 Å². The topological polar surface area (TPSA) is 55.1 Å². The molecule has 0 heterocycles. The lowest BCUT2D eigenvalue weighted by molar-refractivity contribution is 0.0948. The van der Waals surface area contributed by atoms with Gasteiger partial charge < -0.3 is 11.1 Å². The van der Waals surface area contributed by atoms with Gasteiger partial charge in [0.1, 0.15) is 5.82 Å². The molecule has 1 fully saturated rings. The Kier molecular flexibility index (Phi) is 4.22. The number of nitrogens with one attached hydrogen (secondary N) is 1. The summed E-state index contributed by atoms with van der Waals surface area (Å²) in [5, 5.41) is 2.84. The summed E-state index contributed by atoms with van der Waals surface area (Å²) < 4.78 is 13.6. The van der Waals surface area contributed by atoms with Crippen LogP contribution in [0.3, 0.4) is 0 Å². The highest BCUT2D eigenvalue weighted by atomic mass is 79.9. The number of anilines is 1. The number of nitrogens with two attached hydrogens (primary N) is 1. The largest absolute Gasteiger partial charge is 0.396 e. The monoisotopic (exact) mass is 314 g/mol. The molecule has 0 aromatic heterocycles. The first-order chi connectivity index (χ1) is 8.58. The second kappa shape index (κ2) is 5.69. The Morgan fingerprint density at radius 3 is 2.83 bits per heavy atom. The second-order valence-corrected chi connectivity index (χ2v) is 5.55. The van der Waals surface area contributed by atoms with E-state index in [0.29, 0.717) is 16.6 Å². The molecular weight excluding hydrogens is 299 g/mol. The molecule has 1 aliphatic carbocycles. The Balaban J connectivity index is 1.93. The zero-order valence-electron chi connectivity index (χ0n) is 10.0. The van der Waals surface area contributed by atoms with E-state index in [9.17, 15) is 9.18 Å². The molecule has 0 spiro atoms. The van der Waals surface area contributed by atoms with Gasteiger partial charge in [0.15, 0.2) is 0 Å². The first-order valence-corrected chi connectivity index (χ1v) is 6.90. The number of hydrogen-bond acceptors (Lipinski definition) is 2. The van der Waals surface area contributed by atoms with Crippen LogP contribution in [0.4, 0.5) is 10.1 Å². The molecule has 0 bridgehead atoms. The van der Waals surface area contributed by atoms with Crippen molar-refractivity contribution < 1.29 is 9.18 Å². The third-order valence-corrected chi connectivity index (χ3v) is 4.05. The molecule has 3 N–H and O–H groups in total. The van der Waals surface area contributed by atoms with E-state index in [1.54, 1.807) is 0 Å². The van der Waals surface area contributed by atoms with Crippen molar-refractivity contribution in [1.29, 1.82) is 0 Å². The van der Waals surface area contributed by atoms with Crippen LogP contribution in [0.15, 0.2) is 16.6 Å². The van der Waals surface area contributed by atoms with E-state index >= 15 is 0 Å². The summed E-state index contributed by atoms with van der Waals surface area (Å²) in [6.45, 7) is 0.660. The van der Waals surface area contributed by atoms with Crippen LogP contribution in [0.1, 0.15) is 36.0 Å². The summed E-state index contributed by atoms with van der Waals surface area (Å²) >= 11 is 3.17. The Morgan fingerprint density at radius 1 is 1.50 bits per heavy atom. The van der Waals surface area contributed by atoms with Crippen LogP contribution >= 0.6 is 15.9 Å². The molecule has 98 valence electrons. The molecule has 1 aromatic carbocycles. The number of carbonyl (C=O) groups is 1. The fourth-order valence-corrected chi connectivity index (χ4v) is 2.50. The molecule has 0 radical (unpaired) electrons. The van der Waals surface area contributed by atoms with Crippen molar-refractivity contribution in [3.8, 4) is 0 Å². The lowest BCUT2D eigenvalue weighted by atomic mass is 9.83. The van der Waals surface area contributed by atoms with Crippen molar-refractivity contribution in [2.45, 2.75) is 25.7 Å². The Labute approximate surface area is 114 Å². The van der Waals surface area contributed by atoms with Gasteiger partial charge in [0.2, 0.25) is 0 Å². The van der Waals surface area contributed by atoms with Crippen molar-refractivity contribution >= 4 is 27.5 Å². The zero-order valence-corrected chi connectivity index (χ0v) is 11.6. The Morgan fingerprint density at radius 2 is 2.22 bits per heavy atom. The first-order valence-electron chi connectivity index (χ1n) is 6.10. The minimum Gasteiger partial charge on any atom is -0.396 e. The number of carbonyl (C=O) groups excluding carboxylic acids is 1. The van der Waals surface area contributed by atoms with E-state index in [1.165, 1.54) is 31.4 Å². The van der Waals surface area contributed by atoms with Gasteiger partial charge in [0.25, 0.3) is 5.91 Å². The van der Waals surface area contributed by atoms with Crippen LogP contribution in [0, 0.1) is 11.7 Å². The summed E-state index contributed by atoms with van der Waals surface area (Å²) in [6.07, 6.45) is 4.85. The molecule has 18 heavy (non-hydrogen) atoms. The van der Waals surface area contributed by atoms with Crippen LogP contribution in [-0.4, -0.2) is 12.5 Å². The van der Waals surface area contributed by atoms with Crippen LogP contribution in [0.25, 0.3) is 0 Å². The molecule has 1 saturated carbocycles. The van der Waals surface area contributed by atoms with Crippen molar-refractivity contribution in [1.82, 2.24) is 5.32 Å². The van der Waals surface area contributed by atoms with Gasteiger partial charge >= 0.3 is 0 Å². The smallest absolute Gasteiger partial charge is 0.252 e. The SMILES string of the molecule is Nc1cc(C(=O)NCCC2CCC2)c(Br)cc1F. The van der Waals surface area contributed by atoms with Gasteiger partial charge in [0.05, 0.1) is 11.3 Å². The molecule has 0 saturated heterocycles. The van der Waals surface area contributed by atoms with Gasteiger partial charge in [-0.25, -0.2) is 4.39 Å². The van der Waals surface area contributed by atoms with Gasteiger partial charge in [-0.15, -0.1) is 0 Å². The standard InChI is InChI=1S/C13H16BrFN2O/c14-10-7-11(15)12(16)6-9(10)13(18)17-5-4-8-2-1-3-8/h6-8H,1-5,16H2,(H,17,18). The van der Waals surface area contributed by atoms with Crippen LogP contribution in [0.5, 0.6) is 0 Å². The third-order valence-electron chi connectivity index (χ3n) is 3.39. The van der Waals surface area contributed by atoms with E-state index in [-0.39, 0.29) is 11.6 Å². The van der Waals surface area contributed by atoms with Crippen molar-refractivity contribution in [2.75, 3.05) is 12.3 Å². The number of hydrogen-bond donors (Lipinski definition) is 2. The number of nitrogen functional groups attached to an aromatic ring is 1. The van der Waals surface area contributed by atoms with Gasteiger partial charge in [-0.2, -0.15) is 0 Å². The predicted molar refractivity (Wildman–Crippen MR) is 72.8 cm³/mol. The van der Waals surface area contributed by atoms with Crippen molar-refractivity contribution in [3.63, 3.8) is 0 Å². The minimum absolute atomic E-state index is 0.0117. The summed E-state index contributed by atoms with van der Waals surface area (Å²) in [6, 6.07) is 2.58. The Bertz CT molecular complexity index is 461. The maximum Gasteiger partial charge on any atom is 0.252 e.